The second-order valence-electron chi connectivity index (χ2n) is 5.09. The van der Waals surface area contributed by atoms with Gasteiger partial charge < -0.3 is 0 Å². The third-order valence-corrected chi connectivity index (χ3v) is 4.69. The third kappa shape index (κ3) is 4.41. The van der Waals surface area contributed by atoms with E-state index in [-0.39, 0.29) is 6.54 Å². The molecule has 0 saturated heterocycles. The first-order chi connectivity index (χ1) is 10.0. The van der Waals surface area contributed by atoms with E-state index in [1.165, 1.54) is 5.56 Å². The van der Waals surface area contributed by atoms with Gasteiger partial charge in [0.25, 0.3) is 0 Å². The molecule has 1 heterocycles. The molecule has 21 heavy (non-hydrogen) atoms. The van der Waals surface area contributed by atoms with Crippen LogP contribution in [0.1, 0.15) is 30.9 Å². The molecular weight excluding hydrogens is 286 g/mol. The summed E-state index contributed by atoms with van der Waals surface area (Å²) in [6, 6.07) is 7.09. The van der Waals surface area contributed by atoms with Gasteiger partial charge in [0.2, 0.25) is 10.0 Å². The van der Waals surface area contributed by atoms with E-state index in [0.29, 0.717) is 4.90 Å². The highest BCUT2D eigenvalue weighted by molar-refractivity contribution is 7.89. The van der Waals surface area contributed by atoms with Gasteiger partial charge in [-0.1, -0.05) is 25.5 Å². The van der Waals surface area contributed by atoms with Gasteiger partial charge in [-0.25, -0.2) is 13.1 Å². The zero-order valence-electron chi connectivity index (χ0n) is 12.4. The molecule has 0 amide bonds. The molecular formula is C15H21N3O2S. The summed E-state index contributed by atoms with van der Waals surface area (Å²) in [6.45, 7) is 2.38. The Kier molecular flexibility index (Phi) is 5.14. The number of nitrogens with one attached hydrogen (secondary N) is 1. The van der Waals surface area contributed by atoms with Crippen LogP contribution >= 0.6 is 0 Å². The fourth-order valence-corrected chi connectivity index (χ4v) is 3.06. The van der Waals surface area contributed by atoms with Gasteiger partial charge in [0.1, 0.15) is 0 Å². The first kappa shape index (κ1) is 15.7. The number of hydrogen-bond donors (Lipinski definition) is 1. The van der Waals surface area contributed by atoms with Crippen molar-refractivity contribution in [2.24, 2.45) is 7.05 Å². The Morgan fingerprint density at radius 1 is 1.19 bits per heavy atom. The number of rotatable bonds is 7. The van der Waals surface area contributed by atoms with Crippen molar-refractivity contribution in [3.63, 3.8) is 0 Å². The van der Waals surface area contributed by atoms with Crippen molar-refractivity contribution in [3.05, 3.63) is 47.8 Å². The number of hydrogen-bond acceptors (Lipinski definition) is 3. The number of sulfonamides is 1. The van der Waals surface area contributed by atoms with Crippen molar-refractivity contribution in [1.82, 2.24) is 14.5 Å². The Labute approximate surface area is 126 Å². The van der Waals surface area contributed by atoms with Crippen LogP contribution in [0.3, 0.4) is 0 Å². The van der Waals surface area contributed by atoms with Crippen LogP contribution in [-0.4, -0.2) is 18.2 Å². The van der Waals surface area contributed by atoms with Gasteiger partial charge in [-0.2, -0.15) is 5.10 Å². The van der Waals surface area contributed by atoms with Crippen molar-refractivity contribution < 1.29 is 8.42 Å². The molecule has 2 aromatic rings. The predicted molar refractivity (Wildman–Crippen MR) is 82.3 cm³/mol. The molecule has 0 atom stereocenters. The quantitative estimate of drug-likeness (QED) is 0.853. The first-order valence-corrected chi connectivity index (χ1v) is 8.55. The maximum absolute atomic E-state index is 12.2. The van der Waals surface area contributed by atoms with Crippen molar-refractivity contribution in [2.45, 2.75) is 37.6 Å². The van der Waals surface area contributed by atoms with E-state index in [1.807, 2.05) is 12.1 Å². The summed E-state index contributed by atoms with van der Waals surface area (Å²) in [5.74, 6) is 0. The van der Waals surface area contributed by atoms with E-state index in [0.717, 1.165) is 24.8 Å². The van der Waals surface area contributed by atoms with Gasteiger partial charge >= 0.3 is 0 Å². The fourth-order valence-electron chi connectivity index (χ4n) is 2.04. The highest BCUT2D eigenvalue weighted by atomic mass is 32.2. The Morgan fingerprint density at radius 2 is 1.90 bits per heavy atom. The second-order valence-corrected chi connectivity index (χ2v) is 6.86. The topological polar surface area (TPSA) is 64.0 Å². The largest absolute Gasteiger partial charge is 0.275 e. The van der Waals surface area contributed by atoms with Crippen LogP contribution < -0.4 is 4.72 Å². The van der Waals surface area contributed by atoms with E-state index in [1.54, 1.807) is 36.3 Å². The zero-order valence-corrected chi connectivity index (χ0v) is 13.2. The minimum atomic E-state index is -3.47. The van der Waals surface area contributed by atoms with E-state index in [9.17, 15) is 8.42 Å². The third-order valence-electron chi connectivity index (χ3n) is 3.28. The van der Waals surface area contributed by atoms with Crippen LogP contribution in [0.5, 0.6) is 0 Å². The SMILES string of the molecule is CCCCc1ccc(S(=O)(=O)NCc2cnn(C)c2)cc1. The van der Waals surface area contributed by atoms with Gasteiger partial charge in [-0.15, -0.1) is 0 Å². The molecule has 1 aromatic carbocycles. The molecule has 5 nitrogen and oxygen atoms in total. The average molecular weight is 307 g/mol. The lowest BCUT2D eigenvalue weighted by atomic mass is 10.1. The molecule has 0 radical (unpaired) electrons. The van der Waals surface area contributed by atoms with Gasteiger partial charge in [0.15, 0.2) is 0 Å². The molecule has 0 unspecified atom stereocenters. The maximum atomic E-state index is 12.2. The highest BCUT2D eigenvalue weighted by Gasteiger charge is 2.13. The smallest absolute Gasteiger partial charge is 0.240 e. The molecule has 0 spiro atoms. The Balaban J connectivity index is 2.01. The monoisotopic (exact) mass is 307 g/mol. The van der Waals surface area contributed by atoms with Crippen molar-refractivity contribution in [2.75, 3.05) is 0 Å². The summed E-state index contributed by atoms with van der Waals surface area (Å²) in [5.41, 5.74) is 2.00. The summed E-state index contributed by atoms with van der Waals surface area (Å²) < 4.78 is 28.6. The molecule has 0 fully saturated rings. The normalized spacial score (nSPS) is 11.7. The van der Waals surface area contributed by atoms with Crippen LogP contribution in [0.2, 0.25) is 0 Å². The summed E-state index contributed by atoms with van der Waals surface area (Å²) >= 11 is 0. The molecule has 6 heteroatoms. The van der Waals surface area contributed by atoms with Crippen molar-refractivity contribution in [1.29, 1.82) is 0 Å². The predicted octanol–water partition coefficient (Wildman–Crippen LogP) is 2.24. The summed E-state index contributed by atoms with van der Waals surface area (Å²) in [6.07, 6.45) is 6.67. The van der Waals surface area contributed by atoms with E-state index in [2.05, 4.69) is 16.7 Å². The Morgan fingerprint density at radius 3 is 2.48 bits per heavy atom. The lowest BCUT2D eigenvalue weighted by molar-refractivity contribution is 0.581. The fraction of sp³-hybridized carbons (Fsp3) is 0.400. The molecule has 0 aliphatic heterocycles. The number of aryl methyl sites for hydroxylation is 2. The van der Waals surface area contributed by atoms with Crippen LogP contribution in [0.25, 0.3) is 0 Å². The summed E-state index contributed by atoms with van der Waals surface area (Å²) in [4.78, 5) is 0.298. The summed E-state index contributed by atoms with van der Waals surface area (Å²) in [7, 11) is -1.67. The van der Waals surface area contributed by atoms with Gasteiger partial charge in [0.05, 0.1) is 11.1 Å². The van der Waals surface area contributed by atoms with Crippen molar-refractivity contribution in [3.8, 4) is 0 Å². The minimum Gasteiger partial charge on any atom is -0.275 e. The molecule has 2 rings (SSSR count). The van der Waals surface area contributed by atoms with Crippen LogP contribution in [0, 0.1) is 0 Å². The first-order valence-electron chi connectivity index (χ1n) is 7.07. The van der Waals surface area contributed by atoms with E-state index < -0.39 is 10.0 Å². The van der Waals surface area contributed by atoms with E-state index >= 15 is 0 Å². The van der Waals surface area contributed by atoms with E-state index in [4.69, 9.17) is 0 Å². The molecule has 1 N–H and O–H groups in total. The lowest BCUT2D eigenvalue weighted by Gasteiger charge is -2.07. The van der Waals surface area contributed by atoms with Crippen LogP contribution in [0.15, 0.2) is 41.6 Å². The molecule has 0 saturated carbocycles. The van der Waals surface area contributed by atoms with Crippen LogP contribution in [-0.2, 0) is 30.0 Å². The van der Waals surface area contributed by atoms with Crippen molar-refractivity contribution >= 4 is 10.0 Å². The number of unbranched alkanes of at least 4 members (excludes halogenated alkanes) is 1. The molecule has 114 valence electrons. The number of aromatic nitrogens is 2. The average Bonchev–Trinajstić information content (AvgIpc) is 2.89. The summed E-state index contributed by atoms with van der Waals surface area (Å²) in [5, 5.41) is 4.01. The molecule has 1 aromatic heterocycles. The second kappa shape index (κ2) is 6.87. The zero-order chi connectivity index (χ0) is 15.3. The lowest BCUT2D eigenvalue weighted by Crippen LogP contribution is -2.23. The molecule has 0 bridgehead atoms. The van der Waals surface area contributed by atoms with Gasteiger partial charge in [0, 0.05) is 25.4 Å². The molecule has 0 aliphatic rings. The number of benzene rings is 1. The molecule has 0 aliphatic carbocycles. The van der Waals surface area contributed by atoms with Gasteiger partial charge in [-0.05, 0) is 30.5 Å². The van der Waals surface area contributed by atoms with Crippen LogP contribution in [0.4, 0.5) is 0 Å². The standard InChI is InChI=1S/C15H21N3O2S/c1-3-4-5-13-6-8-15(9-7-13)21(19,20)17-11-14-10-16-18(2)12-14/h6-10,12,17H,3-5,11H2,1-2H3. The number of nitrogens with zero attached hydrogens (tertiary/aromatic N) is 2. The highest BCUT2D eigenvalue weighted by Crippen LogP contribution is 2.13. The van der Waals surface area contributed by atoms with Gasteiger partial charge in [-0.3, -0.25) is 4.68 Å². The Hall–Kier alpha value is -1.66. The Bertz CT molecular complexity index is 675. The minimum absolute atomic E-state index is 0.244. The maximum Gasteiger partial charge on any atom is 0.240 e.